The van der Waals surface area contributed by atoms with Gasteiger partial charge in [0.15, 0.2) is 0 Å². The molecule has 1 unspecified atom stereocenters. The van der Waals surface area contributed by atoms with Crippen molar-refractivity contribution in [1.82, 2.24) is 4.90 Å². The van der Waals surface area contributed by atoms with E-state index in [-0.39, 0.29) is 19.5 Å². The first-order chi connectivity index (χ1) is 8.46. The van der Waals surface area contributed by atoms with E-state index < -0.39 is 31.9 Å². The average Bonchev–Trinajstić information content (AvgIpc) is 2.57. The van der Waals surface area contributed by atoms with Gasteiger partial charge in [0.1, 0.15) is 5.60 Å². The number of amides is 1. The predicted molar refractivity (Wildman–Crippen MR) is 70.1 cm³/mol. The van der Waals surface area contributed by atoms with Gasteiger partial charge in [0.05, 0.1) is 17.2 Å². The smallest absolute Gasteiger partial charge is 0.410 e. The van der Waals surface area contributed by atoms with Gasteiger partial charge in [0.2, 0.25) is 9.05 Å². The van der Waals surface area contributed by atoms with Gasteiger partial charge >= 0.3 is 6.09 Å². The molecule has 19 heavy (non-hydrogen) atoms. The van der Waals surface area contributed by atoms with Crippen molar-refractivity contribution in [2.24, 2.45) is 5.41 Å². The van der Waals surface area contributed by atoms with E-state index in [1.54, 1.807) is 20.8 Å². The number of carbonyl (C=O) groups excluding carboxylic acids is 1. The molecule has 1 amide bonds. The van der Waals surface area contributed by atoms with E-state index in [2.05, 4.69) is 0 Å². The molecule has 0 radical (unpaired) electrons. The van der Waals surface area contributed by atoms with E-state index in [0.717, 1.165) is 0 Å². The summed E-state index contributed by atoms with van der Waals surface area (Å²) in [7, 11) is 1.41. The number of hydrogen-bond donors (Lipinski definition) is 0. The summed E-state index contributed by atoms with van der Waals surface area (Å²) in [5, 5.41) is 9.16. The summed E-state index contributed by atoms with van der Waals surface area (Å²) in [5.74, 6) is -0.461. The van der Waals surface area contributed by atoms with Gasteiger partial charge in [-0.2, -0.15) is 5.26 Å². The number of ether oxygens (including phenoxy) is 1. The molecular formula is C11H17ClN2O4S. The fourth-order valence-electron chi connectivity index (χ4n) is 1.93. The van der Waals surface area contributed by atoms with Crippen LogP contribution in [0.25, 0.3) is 0 Å². The van der Waals surface area contributed by atoms with Crippen LogP contribution in [0.4, 0.5) is 4.79 Å². The highest BCUT2D eigenvalue weighted by molar-refractivity contribution is 8.13. The van der Waals surface area contributed by atoms with Crippen LogP contribution in [-0.4, -0.2) is 43.9 Å². The molecule has 1 heterocycles. The van der Waals surface area contributed by atoms with Crippen molar-refractivity contribution in [1.29, 1.82) is 5.26 Å². The third kappa shape index (κ3) is 4.88. The Morgan fingerprint density at radius 3 is 2.53 bits per heavy atom. The highest BCUT2D eigenvalue weighted by Gasteiger charge is 2.44. The van der Waals surface area contributed by atoms with E-state index in [1.807, 2.05) is 6.07 Å². The van der Waals surface area contributed by atoms with Gasteiger partial charge in [-0.3, -0.25) is 0 Å². The van der Waals surface area contributed by atoms with Crippen LogP contribution in [0.15, 0.2) is 0 Å². The fourth-order valence-corrected chi connectivity index (χ4v) is 3.51. The molecule has 108 valence electrons. The molecule has 8 heteroatoms. The second kappa shape index (κ2) is 5.17. The third-order valence-electron chi connectivity index (χ3n) is 2.69. The van der Waals surface area contributed by atoms with Gasteiger partial charge in [0.25, 0.3) is 0 Å². The zero-order chi connectivity index (χ0) is 14.9. The molecule has 6 nitrogen and oxygen atoms in total. The van der Waals surface area contributed by atoms with E-state index >= 15 is 0 Å². The molecule has 1 fully saturated rings. The minimum absolute atomic E-state index is 0.0182. The van der Waals surface area contributed by atoms with Gasteiger partial charge in [-0.25, -0.2) is 13.2 Å². The summed E-state index contributed by atoms with van der Waals surface area (Å²) >= 11 is 0. The number of rotatable bonds is 2. The van der Waals surface area contributed by atoms with Crippen LogP contribution in [-0.2, 0) is 13.8 Å². The lowest BCUT2D eigenvalue weighted by molar-refractivity contribution is 0.0283. The van der Waals surface area contributed by atoms with Gasteiger partial charge in [-0.05, 0) is 27.2 Å². The van der Waals surface area contributed by atoms with Crippen LogP contribution >= 0.6 is 10.7 Å². The number of halogens is 1. The van der Waals surface area contributed by atoms with Crippen molar-refractivity contribution in [3.8, 4) is 6.07 Å². The van der Waals surface area contributed by atoms with Crippen LogP contribution in [0.2, 0.25) is 0 Å². The Labute approximate surface area is 117 Å². The maximum Gasteiger partial charge on any atom is 0.410 e. The number of nitrogens with zero attached hydrogens (tertiary/aromatic N) is 2. The number of nitriles is 1. The second-order valence-corrected chi connectivity index (χ2v) is 8.50. The predicted octanol–water partition coefficient (Wildman–Crippen LogP) is 1.71. The summed E-state index contributed by atoms with van der Waals surface area (Å²) in [5.41, 5.74) is -1.77. The zero-order valence-electron chi connectivity index (χ0n) is 11.1. The molecule has 0 aliphatic carbocycles. The molecule has 0 saturated carbocycles. The van der Waals surface area contributed by atoms with Crippen molar-refractivity contribution in [3.63, 3.8) is 0 Å². The summed E-state index contributed by atoms with van der Waals surface area (Å²) in [6.07, 6.45) is -0.272. The lowest BCUT2D eigenvalue weighted by Crippen LogP contribution is -2.38. The van der Waals surface area contributed by atoms with Gasteiger partial charge in [-0.1, -0.05) is 0 Å². The van der Waals surface area contributed by atoms with E-state index in [0.29, 0.717) is 0 Å². The summed E-state index contributed by atoms with van der Waals surface area (Å²) in [6, 6.07) is 1.97. The van der Waals surface area contributed by atoms with Gasteiger partial charge in [-0.15, -0.1) is 0 Å². The van der Waals surface area contributed by atoms with Crippen molar-refractivity contribution >= 4 is 25.8 Å². The van der Waals surface area contributed by atoms with Crippen LogP contribution in [0.5, 0.6) is 0 Å². The molecule has 0 aromatic rings. The summed E-state index contributed by atoms with van der Waals surface area (Å²) in [4.78, 5) is 13.2. The highest BCUT2D eigenvalue weighted by atomic mass is 35.7. The maximum absolute atomic E-state index is 11.8. The lowest BCUT2D eigenvalue weighted by atomic mass is 9.92. The highest BCUT2D eigenvalue weighted by Crippen LogP contribution is 2.33. The normalized spacial score (nSPS) is 24.1. The monoisotopic (exact) mass is 308 g/mol. The topological polar surface area (TPSA) is 87.5 Å². The first-order valence-corrected chi connectivity index (χ1v) is 8.26. The second-order valence-electron chi connectivity index (χ2n) is 5.73. The van der Waals surface area contributed by atoms with Crippen LogP contribution < -0.4 is 0 Å². The largest absolute Gasteiger partial charge is 0.444 e. The van der Waals surface area contributed by atoms with E-state index in [1.165, 1.54) is 4.90 Å². The van der Waals surface area contributed by atoms with Crippen molar-refractivity contribution < 1.29 is 17.9 Å². The van der Waals surface area contributed by atoms with Crippen LogP contribution in [0, 0.1) is 16.7 Å². The molecular weight excluding hydrogens is 292 g/mol. The van der Waals surface area contributed by atoms with E-state index in [4.69, 9.17) is 20.7 Å². The van der Waals surface area contributed by atoms with Gasteiger partial charge in [0, 0.05) is 23.8 Å². The Morgan fingerprint density at radius 1 is 1.53 bits per heavy atom. The first kappa shape index (κ1) is 16.1. The Kier molecular flexibility index (Phi) is 4.37. The third-order valence-corrected chi connectivity index (χ3v) is 3.92. The molecule has 0 spiro atoms. The number of likely N-dealkylation sites (tertiary alicyclic amines) is 1. The zero-order valence-corrected chi connectivity index (χ0v) is 12.7. The minimum atomic E-state index is -3.79. The average molecular weight is 309 g/mol. The molecule has 0 aromatic heterocycles. The molecule has 1 aliphatic rings. The maximum atomic E-state index is 11.8. The Morgan fingerprint density at radius 2 is 2.11 bits per heavy atom. The van der Waals surface area contributed by atoms with E-state index in [9.17, 15) is 13.2 Å². The molecule has 0 bridgehead atoms. The van der Waals surface area contributed by atoms with Crippen molar-refractivity contribution in [2.45, 2.75) is 32.8 Å². The molecule has 0 aromatic carbocycles. The number of carbonyl (C=O) groups is 1. The minimum Gasteiger partial charge on any atom is -0.444 e. The van der Waals surface area contributed by atoms with Crippen LogP contribution in [0.3, 0.4) is 0 Å². The first-order valence-electron chi connectivity index (χ1n) is 5.78. The molecule has 1 rings (SSSR count). The number of hydrogen-bond acceptors (Lipinski definition) is 5. The van der Waals surface area contributed by atoms with Crippen LogP contribution in [0.1, 0.15) is 27.2 Å². The Hall–Kier alpha value is -1.00. The molecule has 1 saturated heterocycles. The molecule has 1 aliphatic heterocycles. The SMILES string of the molecule is CC(C)(C)OC(=O)N1CCC(C#N)(CS(=O)(=O)Cl)C1. The van der Waals surface area contributed by atoms with Crippen molar-refractivity contribution in [3.05, 3.63) is 0 Å². The molecule has 0 N–H and O–H groups in total. The summed E-state index contributed by atoms with van der Waals surface area (Å²) < 4.78 is 27.5. The Balaban J connectivity index is 2.76. The quantitative estimate of drug-likeness (QED) is 0.725. The van der Waals surface area contributed by atoms with Gasteiger partial charge < -0.3 is 9.64 Å². The Bertz CT molecular complexity index is 506. The standard InChI is InChI=1S/C11H17ClN2O4S/c1-10(2,3)18-9(15)14-5-4-11(6-13,7-14)8-19(12,16)17/h4-5,7-8H2,1-3H3. The fraction of sp³-hybridized carbons (Fsp3) is 0.818. The lowest BCUT2D eigenvalue weighted by Gasteiger charge is -2.25. The molecule has 1 atom stereocenters. The summed E-state index contributed by atoms with van der Waals surface area (Å²) in [6.45, 7) is 5.52. The van der Waals surface area contributed by atoms with Crippen molar-refractivity contribution in [2.75, 3.05) is 18.8 Å².